The fourth-order valence-corrected chi connectivity index (χ4v) is 4.26. The molecule has 0 saturated heterocycles. The summed E-state index contributed by atoms with van der Waals surface area (Å²) in [5, 5.41) is 2.12. The Morgan fingerprint density at radius 2 is 2.50 bits per heavy atom. The summed E-state index contributed by atoms with van der Waals surface area (Å²) < 4.78 is 7.99. The molecule has 0 bridgehead atoms. The van der Waals surface area contributed by atoms with Crippen molar-refractivity contribution in [3.05, 3.63) is 16.4 Å². The van der Waals surface area contributed by atoms with Crippen molar-refractivity contribution in [2.75, 3.05) is 7.11 Å². The van der Waals surface area contributed by atoms with Gasteiger partial charge in [0.1, 0.15) is 0 Å². The van der Waals surface area contributed by atoms with Gasteiger partial charge in [-0.15, -0.1) is 0 Å². The summed E-state index contributed by atoms with van der Waals surface area (Å²) in [4.78, 5) is 2.19. The standard InChI is InChI=1S/C7H6OSSe/c1-8-5-4-10-6-2-3-9-7(5)6/h2-4H,1H3. The van der Waals surface area contributed by atoms with Gasteiger partial charge in [0, 0.05) is 0 Å². The van der Waals surface area contributed by atoms with Crippen molar-refractivity contribution in [2.45, 2.75) is 0 Å². The average molecular weight is 217 g/mol. The van der Waals surface area contributed by atoms with Crippen LogP contribution in [-0.4, -0.2) is 21.6 Å². The van der Waals surface area contributed by atoms with E-state index in [1.165, 1.54) is 8.96 Å². The molecule has 0 spiro atoms. The van der Waals surface area contributed by atoms with E-state index in [0.717, 1.165) is 5.75 Å². The van der Waals surface area contributed by atoms with Gasteiger partial charge < -0.3 is 0 Å². The molecule has 0 amide bonds. The summed E-state index contributed by atoms with van der Waals surface area (Å²) in [7, 11) is 1.73. The van der Waals surface area contributed by atoms with E-state index in [-0.39, 0.29) is 0 Å². The van der Waals surface area contributed by atoms with Gasteiger partial charge in [0.25, 0.3) is 0 Å². The van der Waals surface area contributed by atoms with Crippen molar-refractivity contribution in [3.8, 4) is 5.75 Å². The molecule has 0 radical (unpaired) electrons. The van der Waals surface area contributed by atoms with Crippen molar-refractivity contribution in [1.29, 1.82) is 0 Å². The Morgan fingerprint density at radius 3 is 3.30 bits per heavy atom. The van der Waals surface area contributed by atoms with Gasteiger partial charge in [-0.2, -0.15) is 0 Å². The molecule has 2 rings (SSSR count). The van der Waals surface area contributed by atoms with E-state index in [1.807, 2.05) is 0 Å². The number of methoxy groups -OCH3 is 1. The molecule has 52 valence electrons. The SMILES string of the molecule is COc1c[se]c2ccsc12. The van der Waals surface area contributed by atoms with Crippen LogP contribution >= 0.6 is 11.3 Å². The van der Waals surface area contributed by atoms with Crippen molar-refractivity contribution in [3.63, 3.8) is 0 Å². The van der Waals surface area contributed by atoms with Gasteiger partial charge >= 0.3 is 68.8 Å². The monoisotopic (exact) mass is 218 g/mol. The van der Waals surface area contributed by atoms with Gasteiger partial charge in [-0.25, -0.2) is 0 Å². The molecule has 3 heteroatoms. The van der Waals surface area contributed by atoms with E-state index in [9.17, 15) is 0 Å². The van der Waals surface area contributed by atoms with Crippen LogP contribution in [-0.2, 0) is 0 Å². The van der Waals surface area contributed by atoms with Crippen LogP contribution in [0.3, 0.4) is 0 Å². The average Bonchev–Trinajstić information content (AvgIpc) is 2.44. The maximum absolute atomic E-state index is 5.18. The van der Waals surface area contributed by atoms with Crippen molar-refractivity contribution >= 4 is 34.8 Å². The van der Waals surface area contributed by atoms with Gasteiger partial charge in [0.05, 0.1) is 0 Å². The molecule has 0 fully saturated rings. The van der Waals surface area contributed by atoms with Crippen molar-refractivity contribution < 1.29 is 4.74 Å². The third kappa shape index (κ3) is 0.823. The Balaban J connectivity index is 2.76. The first-order chi connectivity index (χ1) is 4.92. The molecule has 2 aromatic heterocycles. The van der Waals surface area contributed by atoms with Gasteiger partial charge in [-0.05, 0) is 0 Å². The number of fused-ring (bicyclic) bond motifs is 1. The van der Waals surface area contributed by atoms with Crippen LogP contribution in [0.25, 0.3) is 8.96 Å². The minimum absolute atomic E-state index is 0.528. The van der Waals surface area contributed by atoms with Crippen LogP contribution in [0.2, 0.25) is 0 Å². The third-order valence-corrected chi connectivity index (χ3v) is 4.53. The Kier molecular flexibility index (Phi) is 1.57. The van der Waals surface area contributed by atoms with E-state index in [4.69, 9.17) is 4.74 Å². The number of hydrogen-bond donors (Lipinski definition) is 0. The van der Waals surface area contributed by atoms with E-state index in [0.29, 0.717) is 14.5 Å². The Bertz CT molecular complexity index is 336. The second kappa shape index (κ2) is 2.42. The fraction of sp³-hybridized carbons (Fsp3) is 0.143. The molecule has 2 heterocycles. The van der Waals surface area contributed by atoms with Crippen molar-refractivity contribution in [2.24, 2.45) is 0 Å². The molecule has 0 unspecified atom stereocenters. The van der Waals surface area contributed by atoms with Crippen LogP contribution in [0.4, 0.5) is 0 Å². The normalized spacial score (nSPS) is 10.5. The Hall–Kier alpha value is -0.241. The second-order valence-corrected chi connectivity index (χ2v) is 4.75. The van der Waals surface area contributed by atoms with Crippen LogP contribution in [0.1, 0.15) is 0 Å². The first kappa shape index (κ1) is 6.47. The molecule has 0 aliphatic heterocycles. The molecule has 0 aliphatic rings. The van der Waals surface area contributed by atoms with Crippen LogP contribution in [0.5, 0.6) is 5.75 Å². The topological polar surface area (TPSA) is 9.23 Å². The number of hydrogen-bond acceptors (Lipinski definition) is 2. The Morgan fingerprint density at radius 1 is 1.60 bits per heavy atom. The molecule has 0 aromatic carbocycles. The van der Waals surface area contributed by atoms with Gasteiger partial charge in [0.2, 0.25) is 0 Å². The first-order valence-corrected chi connectivity index (χ1v) is 5.63. The quantitative estimate of drug-likeness (QED) is 0.663. The van der Waals surface area contributed by atoms with E-state index in [2.05, 4.69) is 16.4 Å². The van der Waals surface area contributed by atoms with Crippen LogP contribution in [0.15, 0.2) is 16.4 Å². The molecule has 10 heavy (non-hydrogen) atoms. The summed E-state index contributed by atoms with van der Waals surface area (Å²) in [6.07, 6.45) is 0. The van der Waals surface area contributed by atoms with Gasteiger partial charge in [0.15, 0.2) is 0 Å². The first-order valence-electron chi connectivity index (χ1n) is 2.90. The van der Waals surface area contributed by atoms with Crippen LogP contribution in [0, 0.1) is 0 Å². The van der Waals surface area contributed by atoms with E-state index >= 15 is 0 Å². The zero-order chi connectivity index (χ0) is 6.97. The van der Waals surface area contributed by atoms with E-state index in [1.54, 1.807) is 18.4 Å². The molecule has 2 aromatic rings. The summed E-state index contributed by atoms with van der Waals surface area (Å²) in [6.45, 7) is 0. The second-order valence-electron chi connectivity index (χ2n) is 1.92. The number of rotatable bonds is 1. The summed E-state index contributed by atoms with van der Waals surface area (Å²) in [6, 6.07) is 2.18. The Labute approximate surface area is 69.0 Å². The molecule has 0 aliphatic carbocycles. The summed E-state index contributed by atoms with van der Waals surface area (Å²) >= 11 is 2.30. The van der Waals surface area contributed by atoms with Gasteiger partial charge in [-0.3, -0.25) is 0 Å². The minimum atomic E-state index is 0.528. The van der Waals surface area contributed by atoms with Crippen molar-refractivity contribution in [1.82, 2.24) is 0 Å². The molecule has 0 saturated carbocycles. The summed E-state index contributed by atoms with van der Waals surface area (Å²) in [5.41, 5.74) is 0. The number of ether oxygens (including phenoxy) is 1. The summed E-state index contributed by atoms with van der Waals surface area (Å²) in [5.74, 6) is 1.07. The van der Waals surface area contributed by atoms with Crippen LogP contribution < -0.4 is 4.74 Å². The van der Waals surface area contributed by atoms with E-state index < -0.39 is 0 Å². The number of thiophene rings is 1. The molecular weight excluding hydrogens is 211 g/mol. The zero-order valence-electron chi connectivity index (χ0n) is 5.46. The van der Waals surface area contributed by atoms with Gasteiger partial charge in [-0.1, -0.05) is 0 Å². The molecule has 0 N–H and O–H groups in total. The predicted octanol–water partition coefficient (Wildman–Crippen LogP) is 1.97. The fourth-order valence-electron chi connectivity index (χ4n) is 0.881. The molecule has 1 nitrogen and oxygen atoms in total. The molecule has 0 atom stereocenters. The molecular formula is C7H6OSSe. The third-order valence-electron chi connectivity index (χ3n) is 1.37. The maximum atomic E-state index is 5.18. The zero-order valence-corrected chi connectivity index (χ0v) is 7.99. The predicted molar refractivity (Wildman–Crippen MR) is 45.3 cm³/mol.